The lowest BCUT2D eigenvalue weighted by atomic mass is 10.0. The number of aromatic hydroxyl groups is 1. The van der Waals surface area contributed by atoms with Crippen LogP contribution in [0.2, 0.25) is 0 Å². The Hall–Kier alpha value is -2.11. The first-order valence-corrected chi connectivity index (χ1v) is 7.67. The molecule has 116 valence electrons. The average molecular weight is 298 g/mol. The van der Waals surface area contributed by atoms with Crippen molar-refractivity contribution in [3.8, 4) is 5.75 Å². The van der Waals surface area contributed by atoms with E-state index in [1.165, 1.54) is 0 Å². The smallest absolute Gasteiger partial charge is 0.128 e. The van der Waals surface area contributed by atoms with Crippen molar-refractivity contribution in [1.82, 2.24) is 9.88 Å². The molecule has 1 saturated heterocycles. The number of phenols is 1. The molecule has 0 bridgehead atoms. The molecule has 0 saturated carbocycles. The molecule has 3 N–H and O–H groups in total. The number of phenolic OH excluding ortho intramolecular Hbond substituents is 1. The maximum Gasteiger partial charge on any atom is 0.128 e. The second kappa shape index (κ2) is 6.77. The van der Waals surface area contributed by atoms with Crippen LogP contribution >= 0.6 is 0 Å². The Morgan fingerprint density at radius 2 is 1.91 bits per heavy atom. The molecular weight excluding hydrogens is 276 g/mol. The van der Waals surface area contributed by atoms with E-state index in [0.717, 1.165) is 37.6 Å². The summed E-state index contributed by atoms with van der Waals surface area (Å²) in [4.78, 5) is 9.09. The van der Waals surface area contributed by atoms with Crippen molar-refractivity contribution in [1.29, 1.82) is 0 Å². The number of nitrogens with two attached hydrogens (primary N) is 1. The molecule has 1 aromatic heterocycles. The molecule has 22 heavy (non-hydrogen) atoms. The number of pyridine rings is 1. The average Bonchev–Trinajstić information content (AvgIpc) is 2.57. The molecule has 0 aliphatic carbocycles. The molecule has 1 fully saturated rings. The standard InChI is InChI=1S/C17H22N4O/c18-13-16(14-4-3-5-15(22)12-14)20-8-10-21(11-9-20)17-6-1-2-7-19-17/h1-7,12,16,22H,8-11,13,18H2. The highest BCUT2D eigenvalue weighted by Crippen LogP contribution is 2.25. The number of benzene rings is 1. The summed E-state index contributed by atoms with van der Waals surface area (Å²) < 4.78 is 0. The van der Waals surface area contributed by atoms with Crippen LogP contribution in [0.4, 0.5) is 5.82 Å². The van der Waals surface area contributed by atoms with Crippen LogP contribution in [0.25, 0.3) is 0 Å². The lowest BCUT2D eigenvalue weighted by Gasteiger charge is -2.39. The van der Waals surface area contributed by atoms with Gasteiger partial charge in [-0.2, -0.15) is 0 Å². The molecule has 5 nitrogen and oxygen atoms in total. The summed E-state index contributed by atoms with van der Waals surface area (Å²) >= 11 is 0. The fourth-order valence-electron chi connectivity index (χ4n) is 3.03. The Kier molecular flexibility index (Phi) is 4.56. The van der Waals surface area contributed by atoms with Crippen molar-refractivity contribution in [2.24, 2.45) is 5.73 Å². The lowest BCUT2D eigenvalue weighted by molar-refractivity contribution is 0.189. The van der Waals surface area contributed by atoms with Gasteiger partial charge >= 0.3 is 0 Å². The van der Waals surface area contributed by atoms with Crippen LogP contribution in [0.1, 0.15) is 11.6 Å². The molecule has 3 rings (SSSR count). The van der Waals surface area contributed by atoms with Gasteiger partial charge in [-0.05, 0) is 29.8 Å². The van der Waals surface area contributed by atoms with E-state index in [-0.39, 0.29) is 6.04 Å². The number of rotatable bonds is 4. The molecule has 2 aromatic rings. The van der Waals surface area contributed by atoms with Crippen LogP contribution in [0.5, 0.6) is 5.75 Å². The number of piperazine rings is 1. The number of hydrogen-bond donors (Lipinski definition) is 2. The summed E-state index contributed by atoms with van der Waals surface area (Å²) in [5.74, 6) is 1.33. The zero-order valence-corrected chi connectivity index (χ0v) is 12.6. The van der Waals surface area contributed by atoms with Gasteiger partial charge in [0, 0.05) is 45.0 Å². The minimum absolute atomic E-state index is 0.151. The van der Waals surface area contributed by atoms with Gasteiger partial charge in [-0.15, -0.1) is 0 Å². The van der Waals surface area contributed by atoms with E-state index in [9.17, 15) is 5.11 Å². The third-order valence-corrected chi connectivity index (χ3v) is 4.21. The van der Waals surface area contributed by atoms with Crippen LogP contribution in [-0.2, 0) is 0 Å². The Labute approximate surface area is 131 Å². The molecule has 1 atom stereocenters. The first kappa shape index (κ1) is 14.8. The van der Waals surface area contributed by atoms with Gasteiger partial charge in [-0.25, -0.2) is 4.98 Å². The van der Waals surface area contributed by atoms with Gasteiger partial charge in [-0.1, -0.05) is 18.2 Å². The first-order chi connectivity index (χ1) is 10.8. The quantitative estimate of drug-likeness (QED) is 0.898. The lowest BCUT2D eigenvalue weighted by Crippen LogP contribution is -2.49. The number of nitrogens with zero attached hydrogens (tertiary/aromatic N) is 3. The van der Waals surface area contributed by atoms with Crippen molar-refractivity contribution in [3.05, 3.63) is 54.2 Å². The molecule has 1 aliphatic rings. The van der Waals surface area contributed by atoms with Crippen molar-refractivity contribution in [3.63, 3.8) is 0 Å². The predicted molar refractivity (Wildman–Crippen MR) is 87.9 cm³/mol. The van der Waals surface area contributed by atoms with E-state index >= 15 is 0 Å². The van der Waals surface area contributed by atoms with Crippen LogP contribution in [0, 0.1) is 0 Å². The summed E-state index contributed by atoms with van der Waals surface area (Å²) in [7, 11) is 0. The molecule has 1 unspecified atom stereocenters. The van der Waals surface area contributed by atoms with E-state index < -0.39 is 0 Å². The summed E-state index contributed by atoms with van der Waals surface area (Å²) in [6, 6.07) is 13.6. The zero-order chi connectivity index (χ0) is 15.4. The minimum atomic E-state index is 0.151. The van der Waals surface area contributed by atoms with Crippen LogP contribution < -0.4 is 10.6 Å². The maximum absolute atomic E-state index is 9.67. The molecule has 0 spiro atoms. The topological polar surface area (TPSA) is 65.6 Å². The predicted octanol–water partition coefficient (Wildman–Crippen LogP) is 1.61. The first-order valence-electron chi connectivity index (χ1n) is 7.67. The van der Waals surface area contributed by atoms with E-state index in [1.54, 1.807) is 6.07 Å². The van der Waals surface area contributed by atoms with Crippen molar-refractivity contribution in [2.45, 2.75) is 6.04 Å². The highest BCUT2D eigenvalue weighted by atomic mass is 16.3. The van der Waals surface area contributed by atoms with Gasteiger partial charge in [0.25, 0.3) is 0 Å². The fraction of sp³-hybridized carbons (Fsp3) is 0.353. The SMILES string of the molecule is NCC(c1cccc(O)c1)N1CCN(c2ccccn2)CC1. The van der Waals surface area contributed by atoms with Gasteiger partial charge in [0.05, 0.1) is 0 Å². The largest absolute Gasteiger partial charge is 0.508 e. The van der Waals surface area contributed by atoms with Gasteiger partial charge in [-0.3, -0.25) is 4.90 Å². The Morgan fingerprint density at radius 1 is 1.09 bits per heavy atom. The van der Waals surface area contributed by atoms with Crippen molar-refractivity contribution >= 4 is 5.82 Å². The number of anilines is 1. The van der Waals surface area contributed by atoms with E-state index in [2.05, 4.69) is 14.8 Å². The van der Waals surface area contributed by atoms with Crippen LogP contribution in [0.3, 0.4) is 0 Å². The summed E-state index contributed by atoms with van der Waals surface area (Å²) in [5.41, 5.74) is 7.06. The number of hydrogen-bond acceptors (Lipinski definition) is 5. The molecule has 2 heterocycles. The van der Waals surface area contributed by atoms with Crippen LogP contribution in [0.15, 0.2) is 48.7 Å². The van der Waals surface area contributed by atoms with Gasteiger partial charge in [0.15, 0.2) is 0 Å². The van der Waals surface area contributed by atoms with Gasteiger partial charge < -0.3 is 15.7 Å². The molecule has 0 radical (unpaired) electrons. The monoisotopic (exact) mass is 298 g/mol. The molecule has 1 aliphatic heterocycles. The highest BCUT2D eigenvalue weighted by molar-refractivity contribution is 5.38. The summed E-state index contributed by atoms with van der Waals surface area (Å²) in [6.45, 7) is 4.30. The summed E-state index contributed by atoms with van der Waals surface area (Å²) in [6.07, 6.45) is 1.83. The zero-order valence-electron chi connectivity index (χ0n) is 12.6. The van der Waals surface area contributed by atoms with Crippen molar-refractivity contribution in [2.75, 3.05) is 37.6 Å². The van der Waals surface area contributed by atoms with E-state index in [0.29, 0.717) is 12.3 Å². The van der Waals surface area contributed by atoms with Crippen LogP contribution in [-0.4, -0.2) is 47.7 Å². The van der Waals surface area contributed by atoms with E-state index in [4.69, 9.17) is 5.73 Å². The fourth-order valence-corrected chi connectivity index (χ4v) is 3.03. The van der Waals surface area contributed by atoms with Gasteiger partial charge in [0.1, 0.15) is 11.6 Å². The van der Waals surface area contributed by atoms with Gasteiger partial charge in [0.2, 0.25) is 0 Å². The Balaban J connectivity index is 1.67. The van der Waals surface area contributed by atoms with E-state index in [1.807, 2.05) is 42.6 Å². The Bertz CT molecular complexity index is 597. The number of aromatic nitrogens is 1. The second-order valence-electron chi connectivity index (χ2n) is 5.56. The Morgan fingerprint density at radius 3 is 2.55 bits per heavy atom. The minimum Gasteiger partial charge on any atom is -0.508 e. The molecule has 5 heteroatoms. The molecule has 0 amide bonds. The highest BCUT2D eigenvalue weighted by Gasteiger charge is 2.24. The summed E-state index contributed by atoms with van der Waals surface area (Å²) in [5, 5.41) is 9.67. The molecule has 1 aromatic carbocycles. The normalized spacial score (nSPS) is 17.4. The second-order valence-corrected chi connectivity index (χ2v) is 5.56. The third kappa shape index (κ3) is 3.21. The van der Waals surface area contributed by atoms with Crippen molar-refractivity contribution < 1.29 is 5.11 Å². The maximum atomic E-state index is 9.67. The third-order valence-electron chi connectivity index (χ3n) is 4.21. The molecular formula is C17H22N4O.